The van der Waals surface area contributed by atoms with Gasteiger partial charge in [0, 0.05) is 29.7 Å². The summed E-state index contributed by atoms with van der Waals surface area (Å²) in [4.78, 5) is 20.5. The fourth-order valence-corrected chi connectivity index (χ4v) is 0.678. The molecule has 0 saturated carbocycles. The van der Waals surface area contributed by atoms with Crippen molar-refractivity contribution in [3.63, 3.8) is 0 Å². The number of carboxylic acid groups (broad SMARTS) is 1. The van der Waals surface area contributed by atoms with Crippen molar-refractivity contribution in [1.82, 2.24) is 5.32 Å². The Labute approximate surface area is 80.6 Å². The number of nitrogens with one attached hydrogen (secondary N) is 1. The fourth-order valence-electron chi connectivity index (χ4n) is 0.431. The van der Waals surface area contributed by atoms with E-state index >= 15 is 0 Å². The van der Waals surface area contributed by atoms with Crippen LogP contribution in [-0.4, -0.2) is 28.8 Å². The summed E-state index contributed by atoms with van der Waals surface area (Å²) in [7, 11) is 0. The summed E-state index contributed by atoms with van der Waals surface area (Å²) in [5, 5.41) is 10.6. The Morgan fingerprint density at radius 3 is 2.18 bits per heavy atom. The molecule has 0 saturated heterocycles. The van der Waals surface area contributed by atoms with Crippen molar-refractivity contribution in [2.45, 2.75) is 13.0 Å². The molecule has 0 fully saturated rings. The van der Waals surface area contributed by atoms with Gasteiger partial charge in [-0.2, -0.15) is 12.6 Å². The molecule has 0 rings (SSSR count). The minimum atomic E-state index is -1.06. The molecule has 2 N–H and O–H groups in total. The summed E-state index contributed by atoms with van der Waals surface area (Å²) in [6, 6.07) is -0.874. The molecule has 1 radical (unpaired) electrons. The summed E-state index contributed by atoms with van der Waals surface area (Å²) in [6.45, 7) is 1.26. The number of aliphatic carboxylic acids is 1. The van der Waals surface area contributed by atoms with Crippen LogP contribution in [0.5, 0.6) is 0 Å². The molecule has 1 unspecified atom stereocenters. The van der Waals surface area contributed by atoms with E-state index in [0.29, 0.717) is 0 Å². The molecule has 0 heterocycles. The molecule has 0 spiro atoms. The standard InChI is InChI=1S/C5H9NO3S.Mn/c1-3(7)6-4(2-10)5(8)9;/h4,10H,2H2,1H3,(H,6,7)(H,8,9);. The summed E-state index contributed by atoms with van der Waals surface area (Å²) < 4.78 is 0. The fraction of sp³-hybridized carbons (Fsp3) is 0.600. The largest absolute Gasteiger partial charge is 0.480 e. The number of amides is 1. The van der Waals surface area contributed by atoms with Crippen LogP contribution < -0.4 is 5.32 Å². The van der Waals surface area contributed by atoms with Gasteiger partial charge in [0.25, 0.3) is 0 Å². The van der Waals surface area contributed by atoms with Crippen LogP contribution in [-0.2, 0) is 26.7 Å². The summed E-state index contributed by atoms with van der Waals surface area (Å²) in [6.07, 6.45) is 0. The maximum absolute atomic E-state index is 10.3. The van der Waals surface area contributed by atoms with E-state index in [0.717, 1.165) is 0 Å². The van der Waals surface area contributed by atoms with Gasteiger partial charge in [0.05, 0.1) is 0 Å². The molecule has 65 valence electrons. The van der Waals surface area contributed by atoms with E-state index in [1.165, 1.54) is 6.92 Å². The first kappa shape index (κ1) is 13.4. The smallest absolute Gasteiger partial charge is 0.327 e. The monoisotopic (exact) mass is 218 g/mol. The number of hydrogen-bond donors (Lipinski definition) is 3. The first-order chi connectivity index (χ1) is 4.57. The van der Waals surface area contributed by atoms with Crippen LogP contribution in [0.1, 0.15) is 6.92 Å². The Morgan fingerprint density at radius 2 is 2.09 bits per heavy atom. The van der Waals surface area contributed by atoms with Crippen molar-refractivity contribution in [3.8, 4) is 0 Å². The average Bonchev–Trinajstić information content (AvgIpc) is 1.81. The van der Waals surface area contributed by atoms with Gasteiger partial charge in [-0.3, -0.25) is 4.79 Å². The predicted octanol–water partition coefficient (Wildman–Crippen LogP) is -0.497. The third-order valence-electron chi connectivity index (χ3n) is 0.858. The maximum atomic E-state index is 10.3. The van der Waals surface area contributed by atoms with Crippen LogP contribution in [0, 0.1) is 0 Å². The number of thiol groups is 1. The number of carbonyl (C=O) groups excluding carboxylic acids is 1. The van der Waals surface area contributed by atoms with Gasteiger partial charge in [-0.25, -0.2) is 4.79 Å². The van der Waals surface area contributed by atoms with E-state index in [1.807, 2.05) is 0 Å². The van der Waals surface area contributed by atoms with Gasteiger partial charge in [0.15, 0.2) is 0 Å². The predicted molar refractivity (Wildman–Crippen MR) is 39.1 cm³/mol. The minimum absolute atomic E-state index is 0. The second-order valence-electron chi connectivity index (χ2n) is 1.77. The number of carboxylic acids is 1. The van der Waals surface area contributed by atoms with Crippen molar-refractivity contribution in [2.24, 2.45) is 0 Å². The Hall–Kier alpha value is -0.191. The van der Waals surface area contributed by atoms with Gasteiger partial charge >= 0.3 is 5.97 Å². The second kappa shape index (κ2) is 6.52. The third kappa shape index (κ3) is 6.22. The molecule has 11 heavy (non-hydrogen) atoms. The van der Waals surface area contributed by atoms with Crippen LogP contribution in [0.25, 0.3) is 0 Å². The van der Waals surface area contributed by atoms with E-state index < -0.39 is 12.0 Å². The topological polar surface area (TPSA) is 66.4 Å². The van der Waals surface area contributed by atoms with Crippen LogP contribution in [0.2, 0.25) is 0 Å². The van der Waals surface area contributed by atoms with Gasteiger partial charge in [-0.15, -0.1) is 0 Å². The van der Waals surface area contributed by atoms with E-state index in [2.05, 4.69) is 17.9 Å². The van der Waals surface area contributed by atoms with E-state index in [4.69, 9.17) is 5.11 Å². The van der Waals surface area contributed by atoms with Crippen molar-refractivity contribution in [3.05, 3.63) is 0 Å². The normalized spacial score (nSPS) is 11.1. The summed E-state index contributed by atoms with van der Waals surface area (Å²) in [5.74, 6) is -1.32. The minimum Gasteiger partial charge on any atom is -0.480 e. The first-order valence-electron chi connectivity index (χ1n) is 2.68. The summed E-state index contributed by atoms with van der Waals surface area (Å²) >= 11 is 3.73. The molecule has 1 amide bonds. The molecule has 0 aromatic carbocycles. The first-order valence-corrected chi connectivity index (χ1v) is 3.32. The molecule has 0 bridgehead atoms. The van der Waals surface area contributed by atoms with Crippen molar-refractivity contribution in [2.75, 3.05) is 5.75 Å². The van der Waals surface area contributed by atoms with E-state index in [1.54, 1.807) is 0 Å². The van der Waals surface area contributed by atoms with Crippen LogP contribution >= 0.6 is 12.6 Å². The Morgan fingerprint density at radius 1 is 1.64 bits per heavy atom. The average molecular weight is 218 g/mol. The van der Waals surface area contributed by atoms with Gasteiger partial charge < -0.3 is 10.4 Å². The molecule has 4 nitrogen and oxygen atoms in total. The van der Waals surface area contributed by atoms with Crippen molar-refractivity contribution >= 4 is 24.5 Å². The van der Waals surface area contributed by atoms with Crippen LogP contribution in [0.15, 0.2) is 0 Å². The molecule has 0 aromatic rings. The third-order valence-corrected chi connectivity index (χ3v) is 1.22. The maximum Gasteiger partial charge on any atom is 0.327 e. The summed E-state index contributed by atoms with van der Waals surface area (Å²) in [5.41, 5.74) is 0. The molecular formula is C5H9MnNO3S. The molecule has 6 heteroatoms. The van der Waals surface area contributed by atoms with E-state index in [-0.39, 0.29) is 28.7 Å². The number of carbonyl (C=O) groups is 2. The van der Waals surface area contributed by atoms with Crippen LogP contribution in [0.3, 0.4) is 0 Å². The van der Waals surface area contributed by atoms with Gasteiger partial charge in [0.1, 0.15) is 6.04 Å². The second-order valence-corrected chi connectivity index (χ2v) is 2.14. The van der Waals surface area contributed by atoms with Crippen molar-refractivity contribution in [1.29, 1.82) is 0 Å². The molecule has 0 aliphatic heterocycles. The van der Waals surface area contributed by atoms with Crippen molar-refractivity contribution < 1.29 is 31.8 Å². The number of hydrogen-bond acceptors (Lipinski definition) is 3. The number of rotatable bonds is 3. The van der Waals surface area contributed by atoms with Gasteiger partial charge in [-0.05, 0) is 0 Å². The zero-order chi connectivity index (χ0) is 8.15. The SMILES string of the molecule is CC(=O)NC(CS)C(=O)O.[Mn]. The Bertz CT molecular complexity index is 153. The Kier molecular flexibility index (Phi) is 7.94. The van der Waals surface area contributed by atoms with Gasteiger partial charge in [-0.1, -0.05) is 0 Å². The Balaban J connectivity index is 0. The molecule has 0 aliphatic carbocycles. The quantitative estimate of drug-likeness (QED) is 0.442. The molecular weight excluding hydrogens is 209 g/mol. The molecule has 0 aliphatic rings. The van der Waals surface area contributed by atoms with Gasteiger partial charge in [0.2, 0.25) is 5.91 Å². The van der Waals surface area contributed by atoms with E-state index in [9.17, 15) is 9.59 Å². The molecule has 0 aromatic heterocycles. The molecule has 1 atom stereocenters. The zero-order valence-electron chi connectivity index (χ0n) is 5.87. The van der Waals surface area contributed by atoms with Crippen LogP contribution in [0.4, 0.5) is 0 Å². The zero-order valence-corrected chi connectivity index (χ0v) is 7.95.